The monoisotopic (exact) mass is 1240 g/mol. The van der Waals surface area contributed by atoms with Crippen molar-refractivity contribution >= 4 is 54.5 Å². The highest BCUT2D eigenvalue weighted by Crippen LogP contribution is 2.42. The molecule has 454 valence electrons. The zero-order valence-electron chi connectivity index (χ0n) is 48.6. The van der Waals surface area contributed by atoms with Gasteiger partial charge in [0.05, 0.1) is 33.7 Å². The summed E-state index contributed by atoms with van der Waals surface area (Å²) in [6, 6.07) is 50.5. The van der Waals surface area contributed by atoms with Crippen LogP contribution < -0.4 is 0 Å². The van der Waals surface area contributed by atoms with Crippen LogP contribution in [-0.2, 0) is 86.4 Å². The number of aryl methyl sites for hydroxylation is 3. The second-order valence-electron chi connectivity index (χ2n) is 22.8. The fourth-order valence-electron chi connectivity index (χ4n) is 11.0. The van der Waals surface area contributed by atoms with Gasteiger partial charge in [0.15, 0.2) is 0 Å². The van der Waals surface area contributed by atoms with Gasteiger partial charge in [0, 0.05) is 24.0 Å². The summed E-state index contributed by atoms with van der Waals surface area (Å²) in [4.78, 5) is 26.0. The molecular formula is C69H60F6N2O9S2. The molecule has 88 heavy (non-hydrogen) atoms. The predicted molar refractivity (Wildman–Crippen MR) is 325 cm³/mol. The minimum absolute atomic E-state index is 0.0241. The Labute approximate surface area is 507 Å². The molecule has 0 spiro atoms. The predicted octanol–water partition coefficient (Wildman–Crippen LogP) is 16.5. The molecule has 2 unspecified atom stereocenters. The minimum atomic E-state index is -5.09. The number of carboxylic acids is 2. The molecule has 2 atom stereocenters. The first-order valence-electron chi connectivity index (χ1n) is 27.9. The maximum Gasteiger partial charge on any atom is 0.449 e. The van der Waals surface area contributed by atoms with Crippen molar-refractivity contribution in [3.63, 3.8) is 0 Å². The number of hydrogen-bond acceptors (Lipinski definition) is 7. The highest BCUT2D eigenvalue weighted by Gasteiger charge is 2.44. The van der Waals surface area contributed by atoms with Crippen LogP contribution in [0.3, 0.4) is 0 Å². The number of furan rings is 2. The Bertz CT molecular complexity index is 4440. The van der Waals surface area contributed by atoms with E-state index in [9.17, 15) is 41.4 Å². The molecule has 0 aliphatic carbocycles. The number of benzene rings is 8. The summed E-state index contributed by atoms with van der Waals surface area (Å²) in [6.45, 7) is 8.05. The van der Waals surface area contributed by atoms with Gasteiger partial charge in [-0.15, -0.1) is 0 Å². The largest absolute Gasteiger partial charge is 0.481 e. The number of sulfonamides is 1. The third-order valence-electron chi connectivity index (χ3n) is 16.2. The highest BCUT2D eigenvalue weighted by atomic mass is 32.2. The Morgan fingerprint density at radius 2 is 1.08 bits per heavy atom. The van der Waals surface area contributed by atoms with Crippen LogP contribution in [0.5, 0.6) is 0 Å². The third kappa shape index (κ3) is 12.7. The molecule has 11 nitrogen and oxygen atoms in total. The fraction of sp³-hybridized carbons (Fsp3) is 0.217. The average molecular weight is 1240 g/mol. The van der Waals surface area contributed by atoms with Crippen LogP contribution in [0.1, 0.15) is 88.3 Å². The first-order valence-corrected chi connectivity index (χ1v) is 30.4. The van der Waals surface area contributed by atoms with Gasteiger partial charge >= 0.3 is 24.3 Å². The van der Waals surface area contributed by atoms with Crippen LogP contribution in [0, 0.1) is 20.8 Å². The summed E-state index contributed by atoms with van der Waals surface area (Å²) in [7, 11) is -6.48. The standard InChI is InChI=1S/C69H60F6N2O9S2/c1-42-21-27-49-13-7-9-19-57(49)61(42)87(82)76(38-45-23-29-47(30-24-45)51-15-11-17-54(34-51)66(4,5)64(78)79)40-56-36-53(63(85-56)69(73,74)75)37-67(6,65(80)81)55-18-12-16-52(35-55)48-31-25-46(26-32-48)39-77(41-59-44(3)33-60(86-59)68(70,71)72)88(83,84)62-43(2)22-28-50-14-8-10-20-58(50)62/h7-36H,37-41H2,1-6H3,(H,78,79)(H,80,81). The number of hydrogen-bond donors (Lipinski definition) is 2. The lowest BCUT2D eigenvalue weighted by Gasteiger charge is -2.26. The van der Waals surface area contributed by atoms with E-state index >= 15 is 17.4 Å². The molecule has 0 saturated heterocycles. The van der Waals surface area contributed by atoms with Gasteiger partial charge in [0.1, 0.15) is 22.5 Å². The first kappa shape index (κ1) is 62.4. The lowest BCUT2D eigenvalue weighted by Crippen LogP contribution is -2.35. The maximum atomic E-state index is 15.3. The van der Waals surface area contributed by atoms with Crippen LogP contribution in [0.25, 0.3) is 43.8 Å². The lowest BCUT2D eigenvalue weighted by atomic mass is 9.76. The zero-order chi connectivity index (χ0) is 63.3. The van der Waals surface area contributed by atoms with E-state index in [1.807, 2.05) is 48.5 Å². The Balaban J connectivity index is 0.949. The number of aliphatic carboxylic acids is 2. The van der Waals surface area contributed by atoms with Gasteiger partial charge in [-0.3, -0.25) is 9.59 Å². The van der Waals surface area contributed by atoms with E-state index in [2.05, 4.69) is 0 Å². The van der Waals surface area contributed by atoms with Crippen molar-refractivity contribution in [2.75, 3.05) is 0 Å². The molecule has 2 aromatic heterocycles. The Kier molecular flexibility index (Phi) is 17.1. The smallest absolute Gasteiger partial charge is 0.449 e. The molecule has 19 heteroatoms. The summed E-state index contributed by atoms with van der Waals surface area (Å²) in [6.07, 6.45) is -10.6. The molecule has 0 amide bonds. The average Bonchev–Trinajstić information content (AvgIpc) is 1.16. The van der Waals surface area contributed by atoms with Gasteiger partial charge in [0.2, 0.25) is 21.5 Å². The first-order chi connectivity index (χ1) is 41.5. The fourth-order valence-corrected chi connectivity index (χ4v) is 14.3. The molecule has 0 aliphatic heterocycles. The number of alkyl halides is 6. The molecule has 10 rings (SSSR count). The number of fused-ring (bicyclic) bond motifs is 2. The SMILES string of the molecule is Cc1cc(C(F)(F)F)oc1CN(Cc1ccc(-c2cccc(C(C)(Cc3cc(CN(Cc4ccc(-c5cccc(C(C)(C)C(=O)O)c5)cc4)S(=O)c4c(C)ccc5ccccc45)oc3C(F)(F)F)C(=O)O)c2)cc1)S(=O)(=O)c1c(C)ccc2ccccc12. The number of carbonyl (C=O) groups is 2. The second-order valence-corrected chi connectivity index (χ2v) is 26.1. The van der Waals surface area contributed by atoms with Crippen LogP contribution in [-0.4, -0.2) is 43.4 Å². The minimum Gasteiger partial charge on any atom is -0.481 e. The third-order valence-corrected chi connectivity index (χ3v) is 19.8. The van der Waals surface area contributed by atoms with Crippen molar-refractivity contribution in [2.45, 2.75) is 107 Å². The number of rotatable bonds is 20. The van der Waals surface area contributed by atoms with Crippen molar-refractivity contribution in [1.82, 2.24) is 8.61 Å². The molecule has 0 radical (unpaired) electrons. The van der Waals surface area contributed by atoms with Gasteiger partial charge in [-0.05, 0) is 137 Å². The van der Waals surface area contributed by atoms with Crippen molar-refractivity contribution in [1.29, 1.82) is 0 Å². The summed E-state index contributed by atoms with van der Waals surface area (Å²) in [5.41, 5.74) is 1.86. The van der Waals surface area contributed by atoms with Crippen molar-refractivity contribution < 1.29 is 67.6 Å². The molecule has 2 N–H and O–H groups in total. The molecule has 0 aliphatic rings. The Morgan fingerprint density at radius 1 is 0.534 bits per heavy atom. The van der Waals surface area contributed by atoms with Crippen molar-refractivity contribution in [3.05, 3.63) is 250 Å². The summed E-state index contributed by atoms with van der Waals surface area (Å²) in [5, 5.41) is 23.4. The van der Waals surface area contributed by atoms with Gasteiger partial charge in [-0.2, -0.15) is 30.6 Å². The summed E-state index contributed by atoms with van der Waals surface area (Å²) < 4.78 is 145. The molecule has 10 aromatic rings. The quantitative estimate of drug-likeness (QED) is 0.0709. The van der Waals surface area contributed by atoms with E-state index in [4.69, 9.17) is 8.83 Å². The van der Waals surface area contributed by atoms with E-state index < -0.39 is 92.7 Å². The van der Waals surface area contributed by atoms with Crippen molar-refractivity contribution in [3.8, 4) is 22.3 Å². The number of halogens is 6. The van der Waals surface area contributed by atoms with E-state index in [1.165, 1.54) is 24.2 Å². The number of carboxylic acid groups (broad SMARTS) is 2. The van der Waals surface area contributed by atoms with Gasteiger partial charge < -0.3 is 19.0 Å². The van der Waals surface area contributed by atoms with Gasteiger partial charge in [-0.1, -0.05) is 170 Å². The normalized spacial score (nSPS) is 13.6. The van der Waals surface area contributed by atoms with E-state index in [0.717, 1.165) is 33.0 Å². The van der Waals surface area contributed by atoms with E-state index in [1.54, 1.807) is 143 Å². The Hall–Kier alpha value is -8.62. The highest BCUT2D eigenvalue weighted by molar-refractivity contribution is 7.89. The molecular weight excluding hydrogens is 1180 g/mol. The molecule has 2 heterocycles. The summed E-state index contributed by atoms with van der Waals surface area (Å²) >= 11 is 0. The maximum absolute atomic E-state index is 15.3. The van der Waals surface area contributed by atoms with Crippen molar-refractivity contribution in [2.24, 2.45) is 0 Å². The molecule has 0 bridgehead atoms. The molecule has 0 saturated carbocycles. The van der Waals surface area contributed by atoms with E-state index in [-0.39, 0.29) is 40.6 Å². The summed E-state index contributed by atoms with van der Waals surface area (Å²) in [5.74, 6) is -5.55. The lowest BCUT2D eigenvalue weighted by molar-refractivity contribution is -0.155. The van der Waals surface area contributed by atoms with Crippen LogP contribution in [0.4, 0.5) is 26.3 Å². The second kappa shape index (κ2) is 24.2. The molecule has 8 aromatic carbocycles. The topological polar surface area (TPSA) is 159 Å². The van der Waals surface area contributed by atoms with Crippen LogP contribution >= 0.6 is 0 Å². The van der Waals surface area contributed by atoms with Gasteiger partial charge in [0.25, 0.3) is 0 Å². The van der Waals surface area contributed by atoms with Crippen LogP contribution in [0.15, 0.2) is 201 Å². The number of nitrogens with zero attached hydrogens (tertiary/aromatic N) is 2. The van der Waals surface area contributed by atoms with Crippen LogP contribution in [0.2, 0.25) is 0 Å². The van der Waals surface area contributed by atoms with E-state index in [0.29, 0.717) is 60.0 Å². The Morgan fingerprint density at radius 3 is 1.65 bits per heavy atom. The molecule has 0 fully saturated rings. The van der Waals surface area contributed by atoms with Gasteiger partial charge in [-0.25, -0.2) is 16.9 Å². The zero-order valence-corrected chi connectivity index (χ0v) is 50.2.